The van der Waals surface area contributed by atoms with Crippen LogP contribution in [-0.2, 0) is 24.3 Å². The Morgan fingerprint density at radius 2 is 1.45 bits per heavy atom. The van der Waals surface area contributed by atoms with Crippen molar-refractivity contribution >= 4 is 10.1 Å². The van der Waals surface area contributed by atoms with Crippen molar-refractivity contribution in [3.63, 3.8) is 0 Å². The van der Waals surface area contributed by atoms with Crippen LogP contribution in [-0.4, -0.2) is 49.4 Å². The van der Waals surface area contributed by atoms with E-state index in [1.807, 2.05) is 0 Å². The maximum absolute atomic E-state index is 11.0. The molecule has 7 heteroatoms. The maximum Gasteiger partial charge on any atom is 0.264 e. The van der Waals surface area contributed by atoms with E-state index in [0.717, 1.165) is 19.3 Å². The Morgan fingerprint density at radius 3 is 2.03 bits per heavy atom. The minimum Gasteiger partial charge on any atom is -0.375 e. The van der Waals surface area contributed by atoms with E-state index in [-0.39, 0.29) is 24.1 Å². The predicted octanol–water partition coefficient (Wildman–Crippen LogP) is 4.47. The van der Waals surface area contributed by atoms with Crippen LogP contribution in [0.1, 0.15) is 89.9 Å². The minimum absolute atomic E-state index is 0.0378. The summed E-state index contributed by atoms with van der Waals surface area (Å²) in [4.78, 5) is 0. The van der Waals surface area contributed by atoms with Crippen molar-refractivity contribution in [2.24, 2.45) is 11.8 Å². The Bertz CT molecular complexity index is 605. The zero-order chi connectivity index (χ0) is 20.3. The summed E-state index contributed by atoms with van der Waals surface area (Å²) in [6, 6.07) is 0. The summed E-state index contributed by atoms with van der Waals surface area (Å²) in [5.74, 6) is 0.297. The van der Waals surface area contributed by atoms with Crippen molar-refractivity contribution in [2.75, 3.05) is 12.4 Å². The minimum atomic E-state index is -3.93. The Kier molecular flexibility index (Phi) is 7.22. The first kappa shape index (κ1) is 22.0. The molecule has 0 bridgehead atoms. The van der Waals surface area contributed by atoms with E-state index < -0.39 is 15.9 Å². The number of ether oxygens (including phenoxy) is 3. The third-order valence-corrected chi connectivity index (χ3v) is 8.40. The maximum atomic E-state index is 11.0. The predicted molar refractivity (Wildman–Crippen MR) is 110 cm³/mol. The fourth-order valence-electron chi connectivity index (χ4n) is 6.23. The van der Waals surface area contributed by atoms with Gasteiger partial charge in [0.15, 0.2) is 5.79 Å². The van der Waals surface area contributed by atoms with Gasteiger partial charge in [-0.2, -0.15) is 8.42 Å². The lowest BCUT2D eigenvalue weighted by atomic mass is 9.72. The van der Waals surface area contributed by atoms with Gasteiger partial charge in [0.25, 0.3) is 10.1 Å². The largest absolute Gasteiger partial charge is 0.375 e. The standard InChI is InChI=1S/C22H38O6S/c23-29(24,25)16-8-15-26-19-13-7-14-20-21(19)28-22(27-20,17-9-3-1-4-10-17)18-11-5-2-6-12-18/h17-21H,1-16H2,(H,23,24,25). The Hall–Kier alpha value is -0.210. The van der Waals surface area contributed by atoms with Gasteiger partial charge >= 0.3 is 0 Å². The second kappa shape index (κ2) is 9.51. The Morgan fingerprint density at radius 1 is 0.828 bits per heavy atom. The number of hydrogen-bond acceptors (Lipinski definition) is 5. The average molecular weight is 431 g/mol. The van der Waals surface area contributed by atoms with Crippen molar-refractivity contribution < 1.29 is 27.2 Å². The van der Waals surface area contributed by atoms with Crippen LogP contribution in [0.5, 0.6) is 0 Å². The van der Waals surface area contributed by atoms with Gasteiger partial charge < -0.3 is 14.2 Å². The molecule has 3 saturated carbocycles. The molecule has 3 unspecified atom stereocenters. The molecule has 1 aliphatic heterocycles. The van der Waals surface area contributed by atoms with E-state index in [1.54, 1.807) is 0 Å². The van der Waals surface area contributed by atoms with E-state index in [9.17, 15) is 8.42 Å². The molecule has 1 saturated heterocycles. The molecule has 1 N–H and O–H groups in total. The molecule has 6 nitrogen and oxygen atoms in total. The summed E-state index contributed by atoms with van der Waals surface area (Å²) in [5, 5.41) is 0. The molecular formula is C22H38O6S. The van der Waals surface area contributed by atoms with Crippen LogP contribution in [0, 0.1) is 11.8 Å². The highest BCUT2D eigenvalue weighted by Crippen LogP contribution is 2.52. The molecule has 0 aromatic heterocycles. The molecule has 4 aliphatic rings. The van der Waals surface area contributed by atoms with Gasteiger partial charge in [-0.1, -0.05) is 38.5 Å². The molecule has 0 radical (unpaired) electrons. The van der Waals surface area contributed by atoms with Crippen molar-refractivity contribution in [2.45, 2.75) is 114 Å². The van der Waals surface area contributed by atoms with E-state index in [1.165, 1.54) is 64.2 Å². The molecule has 29 heavy (non-hydrogen) atoms. The summed E-state index contributed by atoms with van der Waals surface area (Å²) < 4.78 is 50.7. The highest BCUT2D eigenvalue weighted by Gasteiger charge is 2.58. The lowest BCUT2D eigenvalue weighted by Crippen LogP contribution is -2.49. The van der Waals surface area contributed by atoms with E-state index >= 15 is 0 Å². The van der Waals surface area contributed by atoms with Gasteiger partial charge in [-0.25, -0.2) is 0 Å². The summed E-state index contributed by atoms with van der Waals surface area (Å²) in [7, 11) is -3.93. The van der Waals surface area contributed by atoms with Crippen LogP contribution >= 0.6 is 0 Å². The first-order valence-electron chi connectivity index (χ1n) is 11.9. The van der Waals surface area contributed by atoms with Gasteiger partial charge in [0.05, 0.1) is 18.0 Å². The van der Waals surface area contributed by atoms with Crippen molar-refractivity contribution in [1.82, 2.24) is 0 Å². The topological polar surface area (TPSA) is 82.1 Å². The summed E-state index contributed by atoms with van der Waals surface area (Å²) in [6.45, 7) is 0.330. The molecule has 4 fully saturated rings. The highest BCUT2D eigenvalue weighted by atomic mass is 32.2. The molecule has 0 aromatic carbocycles. The fourth-order valence-corrected chi connectivity index (χ4v) is 6.71. The summed E-state index contributed by atoms with van der Waals surface area (Å²) in [6.07, 6.45) is 15.9. The monoisotopic (exact) mass is 430 g/mol. The second-order valence-corrected chi connectivity index (χ2v) is 11.2. The first-order chi connectivity index (χ1) is 14.0. The quantitative estimate of drug-likeness (QED) is 0.474. The average Bonchev–Trinajstić information content (AvgIpc) is 3.13. The highest BCUT2D eigenvalue weighted by molar-refractivity contribution is 7.85. The summed E-state index contributed by atoms with van der Waals surface area (Å²) >= 11 is 0. The molecule has 0 spiro atoms. The first-order valence-corrected chi connectivity index (χ1v) is 13.5. The van der Waals surface area contributed by atoms with Gasteiger partial charge in [-0.3, -0.25) is 4.55 Å². The lowest BCUT2D eigenvalue weighted by molar-refractivity contribution is -0.260. The van der Waals surface area contributed by atoms with Crippen LogP contribution in [0.2, 0.25) is 0 Å². The molecule has 0 aromatic rings. The van der Waals surface area contributed by atoms with Gasteiger partial charge in [-0.15, -0.1) is 0 Å². The zero-order valence-electron chi connectivity index (χ0n) is 17.6. The third kappa shape index (κ3) is 5.17. The molecule has 0 amide bonds. The molecule has 4 rings (SSSR count). The van der Waals surface area contributed by atoms with Gasteiger partial charge in [0.2, 0.25) is 0 Å². The van der Waals surface area contributed by atoms with E-state index in [2.05, 4.69) is 0 Å². The van der Waals surface area contributed by atoms with Crippen molar-refractivity contribution in [3.05, 3.63) is 0 Å². The van der Waals surface area contributed by atoms with Gasteiger partial charge in [0.1, 0.15) is 6.10 Å². The van der Waals surface area contributed by atoms with Crippen LogP contribution in [0.25, 0.3) is 0 Å². The van der Waals surface area contributed by atoms with Gasteiger partial charge in [-0.05, 0) is 51.4 Å². The normalized spacial score (nSPS) is 34.2. The number of fused-ring (bicyclic) bond motifs is 1. The molecule has 3 aliphatic carbocycles. The van der Waals surface area contributed by atoms with Crippen LogP contribution in [0.3, 0.4) is 0 Å². The fraction of sp³-hybridized carbons (Fsp3) is 1.00. The van der Waals surface area contributed by atoms with Crippen LogP contribution in [0.15, 0.2) is 0 Å². The molecule has 3 atom stereocenters. The third-order valence-electron chi connectivity index (χ3n) is 7.59. The van der Waals surface area contributed by atoms with E-state index in [4.69, 9.17) is 18.8 Å². The van der Waals surface area contributed by atoms with Crippen molar-refractivity contribution in [3.8, 4) is 0 Å². The second-order valence-electron chi connectivity index (χ2n) is 9.61. The molecule has 168 valence electrons. The van der Waals surface area contributed by atoms with Crippen LogP contribution in [0.4, 0.5) is 0 Å². The number of rotatable bonds is 7. The summed E-state index contributed by atoms with van der Waals surface area (Å²) in [5.41, 5.74) is 0. The molecular weight excluding hydrogens is 392 g/mol. The Balaban J connectivity index is 1.45. The zero-order valence-corrected chi connectivity index (χ0v) is 18.4. The molecule has 1 heterocycles. The van der Waals surface area contributed by atoms with Crippen molar-refractivity contribution in [1.29, 1.82) is 0 Å². The van der Waals surface area contributed by atoms with Crippen LogP contribution < -0.4 is 0 Å². The van der Waals surface area contributed by atoms with Gasteiger partial charge in [0, 0.05) is 18.4 Å². The lowest BCUT2D eigenvalue weighted by Gasteiger charge is -2.45. The van der Waals surface area contributed by atoms with E-state index in [0.29, 0.717) is 24.9 Å². The number of hydrogen-bond donors (Lipinski definition) is 1. The Labute approximate surface area is 175 Å². The smallest absolute Gasteiger partial charge is 0.264 e. The SMILES string of the molecule is O=S(=O)(O)CCCOC1CCCC2OC(C3CCCCC3)(C3CCCCC3)OC12.